The minimum Gasteiger partial charge on any atom is -0.350 e. The van der Waals surface area contributed by atoms with Gasteiger partial charge in [0.15, 0.2) is 11.6 Å². The summed E-state index contributed by atoms with van der Waals surface area (Å²) in [7, 11) is 0. The molecule has 1 unspecified atom stereocenters. The van der Waals surface area contributed by atoms with Gasteiger partial charge in [0.1, 0.15) is 0 Å². The molecule has 0 saturated heterocycles. The topological polar surface area (TPSA) is 70.2 Å². The molecule has 5 nitrogen and oxygen atoms in total. The first-order valence-corrected chi connectivity index (χ1v) is 7.80. The zero-order valence-corrected chi connectivity index (χ0v) is 13.7. The minimum absolute atomic E-state index is 0.0657. The first kappa shape index (κ1) is 18.4. The molecule has 0 aliphatic heterocycles. The molecule has 7 heteroatoms. The third-order valence-corrected chi connectivity index (χ3v) is 3.49. The second-order valence-electron chi connectivity index (χ2n) is 5.46. The van der Waals surface area contributed by atoms with Gasteiger partial charge in [-0.05, 0) is 36.8 Å². The van der Waals surface area contributed by atoms with Crippen molar-refractivity contribution in [2.45, 2.75) is 19.4 Å². The predicted octanol–water partition coefficient (Wildman–Crippen LogP) is 3.35. The third-order valence-electron chi connectivity index (χ3n) is 3.49. The van der Waals surface area contributed by atoms with Crippen molar-refractivity contribution in [3.63, 3.8) is 0 Å². The van der Waals surface area contributed by atoms with Gasteiger partial charge >= 0.3 is 6.03 Å². The molecule has 0 aliphatic rings. The molecule has 0 aliphatic carbocycles. The number of rotatable bonds is 6. The fourth-order valence-electron chi connectivity index (χ4n) is 2.17. The van der Waals surface area contributed by atoms with Crippen LogP contribution in [0.2, 0.25) is 0 Å². The number of urea groups is 1. The third kappa shape index (κ3) is 5.87. The molecule has 3 amide bonds. The molecule has 0 fully saturated rings. The maximum Gasteiger partial charge on any atom is 0.319 e. The molecule has 0 aromatic heterocycles. The Morgan fingerprint density at radius 3 is 2.44 bits per heavy atom. The fourth-order valence-corrected chi connectivity index (χ4v) is 2.17. The van der Waals surface area contributed by atoms with Gasteiger partial charge in [-0.25, -0.2) is 13.6 Å². The van der Waals surface area contributed by atoms with Gasteiger partial charge in [-0.3, -0.25) is 4.79 Å². The average molecular weight is 347 g/mol. The van der Waals surface area contributed by atoms with Crippen LogP contribution in [0.15, 0.2) is 48.5 Å². The van der Waals surface area contributed by atoms with Crippen molar-refractivity contribution < 1.29 is 18.4 Å². The van der Waals surface area contributed by atoms with Crippen molar-refractivity contribution in [1.82, 2.24) is 10.6 Å². The van der Waals surface area contributed by atoms with Gasteiger partial charge in [0, 0.05) is 18.7 Å². The standard InChI is InChI=1S/C18H19F2N3O2/c1-12(13-7-8-15(19)16(20)11-13)22-17(24)9-10-21-18(25)23-14-5-3-2-4-6-14/h2-8,11-12H,9-10H2,1H3,(H,22,24)(H2,21,23,25). The van der Waals surface area contributed by atoms with Crippen LogP contribution in [-0.4, -0.2) is 18.5 Å². The summed E-state index contributed by atoms with van der Waals surface area (Å²) >= 11 is 0. The SMILES string of the molecule is CC(NC(=O)CCNC(=O)Nc1ccccc1)c1ccc(F)c(F)c1. The van der Waals surface area contributed by atoms with Crippen LogP contribution in [0.5, 0.6) is 0 Å². The number of para-hydroxylation sites is 1. The van der Waals surface area contributed by atoms with Crippen molar-refractivity contribution in [2.75, 3.05) is 11.9 Å². The smallest absolute Gasteiger partial charge is 0.319 e. The van der Waals surface area contributed by atoms with Gasteiger partial charge in [-0.1, -0.05) is 24.3 Å². The van der Waals surface area contributed by atoms with E-state index in [1.807, 2.05) is 6.07 Å². The molecule has 2 rings (SSSR count). The highest BCUT2D eigenvalue weighted by Gasteiger charge is 2.12. The van der Waals surface area contributed by atoms with Crippen LogP contribution in [0.1, 0.15) is 24.9 Å². The highest BCUT2D eigenvalue weighted by molar-refractivity contribution is 5.89. The van der Waals surface area contributed by atoms with E-state index in [0.717, 1.165) is 12.1 Å². The van der Waals surface area contributed by atoms with E-state index < -0.39 is 23.7 Å². The summed E-state index contributed by atoms with van der Waals surface area (Å²) in [5.74, 6) is -2.20. The van der Waals surface area contributed by atoms with Crippen molar-refractivity contribution in [3.05, 3.63) is 65.7 Å². The molecule has 0 heterocycles. The van der Waals surface area contributed by atoms with Gasteiger partial charge in [0.2, 0.25) is 5.91 Å². The second-order valence-corrected chi connectivity index (χ2v) is 5.46. The molecule has 0 radical (unpaired) electrons. The van der Waals surface area contributed by atoms with E-state index in [-0.39, 0.29) is 18.9 Å². The van der Waals surface area contributed by atoms with E-state index in [1.165, 1.54) is 6.07 Å². The summed E-state index contributed by atoms with van der Waals surface area (Å²) in [6.07, 6.45) is 0.0657. The van der Waals surface area contributed by atoms with E-state index in [4.69, 9.17) is 0 Å². The number of hydrogen-bond acceptors (Lipinski definition) is 2. The fraction of sp³-hybridized carbons (Fsp3) is 0.222. The van der Waals surface area contributed by atoms with Gasteiger partial charge in [0.25, 0.3) is 0 Å². The molecule has 3 N–H and O–H groups in total. The maximum atomic E-state index is 13.2. The lowest BCUT2D eigenvalue weighted by Gasteiger charge is -2.15. The summed E-state index contributed by atoms with van der Waals surface area (Å²) in [6.45, 7) is 1.81. The Morgan fingerprint density at radius 1 is 1.04 bits per heavy atom. The summed E-state index contributed by atoms with van der Waals surface area (Å²) in [6, 6.07) is 11.5. The molecule has 25 heavy (non-hydrogen) atoms. The molecule has 1 atom stereocenters. The summed E-state index contributed by atoms with van der Waals surface area (Å²) in [5.41, 5.74) is 1.11. The number of carbonyl (C=O) groups is 2. The van der Waals surface area contributed by atoms with Crippen LogP contribution >= 0.6 is 0 Å². The van der Waals surface area contributed by atoms with Crippen LogP contribution in [0.3, 0.4) is 0 Å². The van der Waals surface area contributed by atoms with E-state index in [1.54, 1.807) is 31.2 Å². The number of anilines is 1. The number of benzene rings is 2. The average Bonchev–Trinajstić information content (AvgIpc) is 2.58. The van der Waals surface area contributed by atoms with E-state index in [9.17, 15) is 18.4 Å². The first-order chi connectivity index (χ1) is 12.0. The highest BCUT2D eigenvalue weighted by atomic mass is 19.2. The van der Waals surface area contributed by atoms with Crippen molar-refractivity contribution in [2.24, 2.45) is 0 Å². The summed E-state index contributed by atoms with van der Waals surface area (Å²) in [4.78, 5) is 23.5. The van der Waals surface area contributed by atoms with E-state index >= 15 is 0 Å². The number of amides is 3. The quantitative estimate of drug-likeness (QED) is 0.750. The zero-order valence-electron chi connectivity index (χ0n) is 13.7. The molecule has 2 aromatic carbocycles. The largest absolute Gasteiger partial charge is 0.350 e. The summed E-state index contributed by atoms with van der Waals surface area (Å²) < 4.78 is 26.1. The molecular formula is C18H19F2N3O2. The Bertz CT molecular complexity index is 738. The zero-order chi connectivity index (χ0) is 18.2. The Labute approximate surface area is 144 Å². The Morgan fingerprint density at radius 2 is 1.76 bits per heavy atom. The van der Waals surface area contributed by atoms with Crippen molar-refractivity contribution >= 4 is 17.6 Å². The lowest BCUT2D eigenvalue weighted by atomic mass is 10.1. The second kappa shape index (κ2) is 8.77. The molecular weight excluding hydrogens is 328 g/mol. The normalized spacial score (nSPS) is 11.5. The van der Waals surface area contributed by atoms with Crippen LogP contribution in [0, 0.1) is 11.6 Å². The van der Waals surface area contributed by atoms with E-state index in [0.29, 0.717) is 11.3 Å². The monoisotopic (exact) mass is 347 g/mol. The lowest BCUT2D eigenvalue weighted by Crippen LogP contribution is -2.34. The Kier molecular flexibility index (Phi) is 6.45. The van der Waals surface area contributed by atoms with Gasteiger partial charge in [-0.15, -0.1) is 0 Å². The van der Waals surface area contributed by atoms with Crippen molar-refractivity contribution in [3.8, 4) is 0 Å². The van der Waals surface area contributed by atoms with Gasteiger partial charge < -0.3 is 16.0 Å². The number of halogens is 2. The molecule has 2 aromatic rings. The minimum atomic E-state index is -0.960. The molecule has 0 spiro atoms. The van der Waals surface area contributed by atoms with Crippen LogP contribution in [-0.2, 0) is 4.79 Å². The Hall–Kier alpha value is -2.96. The van der Waals surface area contributed by atoms with Crippen molar-refractivity contribution in [1.29, 1.82) is 0 Å². The molecule has 0 bridgehead atoms. The van der Waals surface area contributed by atoms with Crippen LogP contribution < -0.4 is 16.0 Å². The maximum absolute atomic E-state index is 13.2. The number of carbonyl (C=O) groups excluding carboxylic acids is 2. The van der Waals surface area contributed by atoms with Gasteiger partial charge in [0.05, 0.1) is 6.04 Å². The lowest BCUT2D eigenvalue weighted by molar-refractivity contribution is -0.121. The Balaban J connectivity index is 1.73. The van der Waals surface area contributed by atoms with E-state index in [2.05, 4.69) is 16.0 Å². The number of nitrogens with one attached hydrogen (secondary N) is 3. The molecule has 132 valence electrons. The number of hydrogen-bond donors (Lipinski definition) is 3. The highest BCUT2D eigenvalue weighted by Crippen LogP contribution is 2.15. The summed E-state index contributed by atoms with van der Waals surface area (Å²) in [5, 5.41) is 7.87. The predicted molar refractivity (Wildman–Crippen MR) is 91.0 cm³/mol. The van der Waals surface area contributed by atoms with Crippen LogP contribution in [0.25, 0.3) is 0 Å². The van der Waals surface area contributed by atoms with Gasteiger partial charge in [-0.2, -0.15) is 0 Å². The van der Waals surface area contributed by atoms with Crippen LogP contribution in [0.4, 0.5) is 19.3 Å². The first-order valence-electron chi connectivity index (χ1n) is 7.80. The molecule has 0 saturated carbocycles.